The predicted molar refractivity (Wildman–Crippen MR) is 106 cm³/mol. The molecule has 6 nitrogen and oxygen atoms in total. The van der Waals surface area contributed by atoms with Crippen molar-refractivity contribution in [3.63, 3.8) is 0 Å². The first-order valence-corrected chi connectivity index (χ1v) is 8.71. The van der Waals surface area contributed by atoms with E-state index in [2.05, 4.69) is 50.5 Å². The van der Waals surface area contributed by atoms with Gasteiger partial charge in [0.15, 0.2) is 5.78 Å². The molecule has 0 saturated heterocycles. The largest absolute Gasteiger partial charge is 0.478 e. The maximum atomic E-state index is 10.8. The maximum absolute atomic E-state index is 10.8. The van der Waals surface area contributed by atoms with Gasteiger partial charge in [-0.15, -0.1) is 0 Å². The molecule has 4 N–H and O–H groups in total. The number of carbonyl (C=O) groups excluding carboxylic acids is 2. The zero-order chi connectivity index (χ0) is 16.7. The smallest absolute Gasteiger partial charge is 0.336 e. The number of carboxylic acids is 1. The molecule has 0 atom stereocenters. The van der Waals surface area contributed by atoms with Crippen molar-refractivity contribution in [2.75, 3.05) is 19.3 Å². The van der Waals surface area contributed by atoms with Gasteiger partial charge in [0, 0.05) is 19.8 Å². The SMILES string of the molecule is CNCC(=O)C(C)=O.Nc1cc(C(=O)O)c(I)c(I)c1I. The number of nitrogen functional groups attached to an aromatic ring is 1. The molecular weight excluding hydrogens is 617 g/mol. The predicted octanol–water partition coefficient (Wildman–Crippen LogP) is 2.14. The van der Waals surface area contributed by atoms with E-state index in [1.807, 2.05) is 22.6 Å². The number of carboxylic acid groups (broad SMARTS) is 1. The van der Waals surface area contributed by atoms with Gasteiger partial charge in [-0.3, -0.25) is 9.59 Å². The third-order valence-corrected chi connectivity index (χ3v) is 7.56. The first kappa shape index (κ1) is 21.0. The van der Waals surface area contributed by atoms with Gasteiger partial charge in [0.05, 0.1) is 15.7 Å². The summed E-state index contributed by atoms with van der Waals surface area (Å²) in [6, 6.07) is 1.49. The lowest BCUT2D eigenvalue weighted by molar-refractivity contribution is -0.134. The van der Waals surface area contributed by atoms with Gasteiger partial charge in [-0.2, -0.15) is 0 Å². The highest BCUT2D eigenvalue weighted by atomic mass is 127. The highest BCUT2D eigenvalue weighted by Crippen LogP contribution is 2.29. The Morgan fingerprint density at radius 2 is 1.71 bits per heavy atom. The number of nitrogens with one attached hydrogen (secondary N) is 1. The van der Waals surface area contributed by atoms with Crippen molar-refractivity contribution in [2.24, 2.45) is 0 Å². The minimum absolute atomic E-state index is 0.148. The second-order valence-corrected chi connectivity index (χ2v) is 7.01. The van der Waals surface area contributed by atoms with Crippen LogP contribution in [0.3, 0.4) is 0 Å². The van der Waals surface area contributed by atoms with E-state index in [1.165, 1.54) is 13.0 Å². The van der Waals surface area contributed by atoms with Crippen molar-refractivity contribution in [1.82, 2.24) is 5.32 Å². The van der Waals surface area contributed by atoms with Crippen LogP contribution in [0.25, 0.3) is 0 Å². The van der Waals surface area contributed by atoms with Crippen LogP contribution in [0.2, 0.25) is 0 Å². The number of rotatable bonds is 4. The molecule has 21 heavy (non-hydrogen) atoms. The van der Waals surface area contributed by atoms with Crippen molar-refractivity contribution in [2.45, 2.75) is 6.92 Å². The highest BCUT2D eigenvalue weighted by Gasteiger charge is 2.15. The number of ketones is 2. The van der Waals surface area contributed by atoms with Crippen molar-refractivity contribution in [3.05, 3.63) is 22.3 Å². The quantitative estimate of drug-likeness (QED) is 0.204. The van der Waals surface area contributed by atoms with Gasteiger partial charge in [-0.1, -0.05) is 0 Å². The molecule has 0 unspecified atom stereocenters. The number of benzene rings is 1. The number of nitrogens with two attached hydrogens (primary N) is 1. The lowest BCUT2D eigenvalue weighted by atomic mass is 10.2. The van der Waals surface area contributed by atoms with Crippen LogP contribution in [0.15, 0.2) is 6.07 Å². The van der Waals surface area contributed by atoms with Crippen molar-refractivity contribution >= 4 is 91.0 Å². The van der Waals surface area contributed by atoms with Gasteiger partial charge in [0.2, 0.25) is 5.78 Å². The third kappa shape index (κ3) is 6.73. The van der Waals surface area contributed by atoms with E-state index in [4.69, 9.17) is 10.8 Å². The minimum atomic E-state index is -0.939. The molecule has 0 aromatic heterocycles. The monoisotopic (exact) mass is 630 g/mol. The van der Waals surface area contributed by atoms with Crippen LogP contribution in [0.5, 0.6) is 0 Å². The molecule has 0 saturated carbocycles. The molecule has 0 amide bonds. The average molecular weight is 630 g/mol. The number of carbonyl (C=O) groups is 3. The summed E-state index contributed by atoms with van der Waals surface area (Å²) in [6.07, 6.45) is 0. The van der Waals surface area contributed by atoms with E-state index >= 15 is 0 Å². The number of hydrogen-bond acceptors (Lipinski definition) is 5. The molecule has 0 heterocycles. The molecule has 1 aromatic carbocycles. The van der Waals surface area contributed by atoms with Crippen molar-refractivity contribution < 1.29 is 19.5 Å². The van der Waals surface area contributed by atoms with Gasteiger partial charge < -0.3 is 16.2 Å². The molecule has 0 fully saturated rings. The van der Waals surface area contributed by atoms with Crippen LogP contribution in [-0.2, 0) is 9.59 Å². The van der Waals surface area contributed by atoms with E-state index in [1.54, 1.807) is 7.05 Å². The Labute approximate surface area is 163 Å². The Morgan fingerprint density at radius 3 is 2.05 bits per heavy atom. The molecule has 0 spiro atoms. The van der Waals surface area contributed by atoms with Crippen LogP contribution in [0.4, 0.5) is 5.69 Å². The fraction of sp³-hybridized carbons (Fsp3) is 0.250. The third-order valence-electron chi connectivity index (χ3n) is 2.14. The van der Waals surface area contributed by atoms with E-state index < -0.39 is 5.97 Å². The van der Waals surface area contributed by atoms with Gasteiger partial charge in [0.25, 0.3) is 0 Å². The van der Waals surface area contributed by atoms with Gasteiger partial charge in [0.1, 0.15) is 0 Å². The first-order chi connectivity index (χ1) is 9.63. The summed E-state index contributed by atoms with van der Waals surface area (Å²) in [6.45, 7) is 1.41. The van der Waals surface area contributed by atoms with Crippen molar-refractivity contribution in [1.29, 1.82) is 0 Å². The summed E-state index contributed by atoms with van der Waals surface area (Å²) in [5.74, 6) is -1.70. The zero-order valence-corrected chi connectivity index (χ0v) is 17.6. The molecule has 1 aromatic rings. The molecule has 0 aliphatic heterocycles. The Kier molecular flexibility index (Phi) is 9.88. The highest BCUT2D eigenvalue weighted by molar-refractivity contribution is 14.1. The minimum Gasteiger partial charge on any atom is -0.478 e. The number of Topliss-reactive ketones (excluding diaryl/α,β-unsaturated/α-hetero) is 2. The van der Waals surface area contributed by atoms with E-state index in [-0.39, 0.29) is 23.7 Å². The fourth-order valence-electron chi connectivity index (χ4n) is 1.06. The van der Waals surface area contributed by atoms with Crippen LogP contribution in [0, 0.1) is 10.7 Å². The van der Waals surface area contributed by atoms with Crippen LogP contribution in [0.1, 0.15) is 17.3 Å². The number of halogens is 3. The number of aromatic carboxylic acids is 1. The molecule has 0 bridgehead atoms. The molecular formula is C12H13I3N2O4. The lowest BCUT2D eigenvalue weighted by Crippen LogP contribution is -2.23. The number of hydrogen-bond donors (Lipinski definition) is 3. The first-order valence-electron chi connectivity index (χ1n) is 5.48. The molecule has 1 rings (SSSR count). The topological polar surface area (TPSA) is 109 Å². The standard InChI is InChI=1S/C7H4I3NO2.C5H9NO2/c8-4-2(7(12)13)1-3(11)5(9)6(4)10;1-4(7)5(8)3-6-2/h1H,11H2,(H,12,13);6H,3H2,1-2H3. The summed E-state index contributed by atoms with van der Waals surface area (Å²) in [7, 11) is 1.63. The maximum Gasteiger partial charge on any atom is 0.336 e. The second-order valence-electron chi connectivity index (χ2n) is 3.77. The number of anilines is 1. The summed E-state index contributed by atoms with van der Waals surface area (Å²) in [4.78, 5) is 31.2. The molecule has 0 radical (unpaired) electrons. The molecule has 116 valence electrons. The normalized spacial score (nSPS) is 9.57. The average Bonchev–Trinajstić information content (AvgIpc) is 2.41. The van der Waals surface area contributed by atoms with E-state index in [9.17, 15) is 14.4 Å². The van der Waals surface area contributed by atoms with Gasteiger partial charge in [-0.25, -0.2) is 4.79 Å². The second kappa shape index (κ2) is 9.89. The van der Waals surface area contributed by atoms with Gasteiger partial charge >= 0.3 is 5.97 Å². The van der Waals surface area contributed by atoms with E-state index in [0.717, 1.165) is 10.7 Å². The van der Waals surface area contributed by atoms with Crippen LogP contribution < -0.4 is 11.1 Å². The summed E-state index contributed by atoms with van der Waals surface area (Å²) in [5, 5.41) is 11.4. The van der Waals surface area contributed by atoms with E-state index in [0.29, 0.717) is 5.69 Å². The molecule has 9 heteroatoms. The van der Waals surface area contributed by atoms with Gasteiger partial charge in [-0.05, 0) is 80.9 Å². The lowest BCUT2D eigenvalue weighted by Gasteiger charge is -2.06. The Bertz CT molecular complexity index is 576. The number of likely N-dealkylation sites (N-methyl/N-ethyl adjacent to an activating group) is 1. The Hall–Kier alpha value is -0.0200. The van der Waals surface area contributed by atoms with Crippen molar-refractivity contribution in [3.8, 4) is 0 Å². The van der Waals surface area contributed by atoms with Crippen LogP contribution >= 0.6 is 67.8 Å². The fourth-order valence-corrected chi connectivity index (χ4v) is 3.26. The molecule has 0 aliphatic rings. The van der Waals surface area contributed by atoms with Crippen LogP contribution in [-0.4, -0.2) is 36.2 Å². The summed E-state index contributed by atoms with van der Waals surface area (Å²) >= 11 is 6.21. The molecule has 0 aliphatic carbocycles. The summed E-state index contributed by atoms with van der Waals surface area (Å²) < 4.78 is 2.55. The summed E-state index contributed by atoms with van der Waals surface area (Å²) in [5.41, 5.74) is 6.43. The Morgan fingerprint density at radius 1 is 1.19 bits per heavy atom. The zero-order valence-electron chi connectivity index (χ0n) is 11.2. The Balaban J connectivity index is 0.000000433.